The lowest BCUT2D eigenvalue weighted by Gasteiger charge is -2.29. The second-order valence-electron chi connectivity index (χ2n) is 4.16. The van der Waals surface area contributed by atoms with Crippen molar-refractivity contribution >= 4 is 11.9 Å². The van der Waals surface area contributed by atoms with Crippen LogP contribution < -0.4 is 5.32 Å². The molecule has 0 saturated carbocycles. The fourth-order valence-electron chi connectivity index (χ4n) is 1.95. The highest BCUT2D eigenvalue weighted by atomic mass is 16.4. The standard InChI is InChI=1S/C10H18N2O3/c1-7-5-8(3-4-11-7)10(15)12(2)6-9(13)14/h7-8,11H,3-6H2,1-2H3,(H,13,14). The van der Waals surface area contributed by atoms with E-state index in [0.717, 1.165) is 19.4 Å². The van der Waals surface area contributed by atoms with Crippen LogP contribution in [-0.4, -0.2) is 48.1 Å². The Kier molecular flexibility index (Phi) is 4.08. The highest BCUT2D eigenvalue weighted by Gasteiger charge is 2.27. The minimum atomic E-state index is -0.965. The number of carbonyl (C=O) groups excluding carboxylic acids is 1. The van der Waals surface area contributed by atoms with Crippen molar-refractivity contribution in [2.24, 2.45) is 5.92 Å². The van der Waals surface area contributed by atoms with Crippen molar-refractivity contribution in [2.45, 2.75) is 25.8 Å². The van der Waals surface area contributed by atoms with E-state index < -0.39 is 5.97 Å². The number of likely N-dealkylation sites (N-methyl/N-ethyl adjacent to an activating group) is 1. The number of nitrogens with zero attached hydrogens (tertiary/aromatic N) is 1. The molecular weight excluding hydrogens is 196 g/mol. The second kappa shape index (κ2) is 5.11. The summed E-state index contributed by atoms with van der Waals surface area (Å²) in [6.45, 7) is 2.66. The van der Waals surface area contributed by atoms with Crippen molar-refractivity contribution < 1.29 is 14.7 Å². The predicted molar refractivity (Wildman–Crippen MR) is 55.5 cm³/mol. The lowest BCUT2D eigenvalue weighted by Crippen LogP contribution is -2.44. The van der Waals surface area contributed by atoms with Crippen LogP contribution in [0.15, 0.2) is 0 Å². The maximum absolute atomic E-state index is 11.8. The Balaban J connectivity index is 2.47. The van der Waals surface area contributed by atoms with E-state index in [-0.39, 0.29) is 18.4 Å². The van der Waals surface area contributed by atoms with E-state index in [1.165, 1.54) is 4.90 Å². The Labute approximate surface area is 89.4 Å². The molecule has 1 amide bonds. The van der Waals surface area contributed by atoms with Crippen LogP contribution in [0.4, 0.5) is 0 Å². The highest BCUT2D eigenvalue weighted by Crippen LogP contribution is 2.17. The van der Waals surface area contributed by atoms with Gasteiger partial charge in [-0.25, -0.2) is 0 Å². The molecule has 1 aliphatic rings. The number of carbonyl (C=O) groups is 2. The van der Waals surface area contributed by atoms with E-state index in [0.29, 0.717) is 6.04 Å². The first-order valence-corrected chi connectivity index (χ1v) is 5.21. The van der Waals surface area contributed by atoms with Crippen LogP contribution in [0.1, 0.15) is 19.8 Å². The van der Waals surface area contributed by atoms with E-state index in [1.807, 2.05) is 6.92 Å². The zero-order valence-corrected chi connectivity index (χ0v) is 9.19. The zero-order valence-electron chi connectivity index (χ0n) is 9.19. The first-order valence-electron chi connectivity index (χ1n) is 5.21. The van der Waals surface area contributed by atoms with Gasteiger partial charge in [0.2, 0.25) is 5.91 Å². The summed E-state index contributed by atoms with van der Waals surface area (Å²) < 4.78 is 0. The van der Waals surface area contributed by atoms with Crippen LogP contribution in [0.3, 0.4) is 0 Å². The van der Waals surface area contributed by atoms with Gasteiger partial charge in [-0.15, -0.1) is 0 Å². The van der Waals surface area contributed by atoms with Gasteiger partial charge in [-0.1, -0.05) is 0 Å². The average molecular weight is 214 g/mol. The second-order valence-corrected chi connectivity index (χ2v) is 4.16. The first kappa shape index (κ1) is 12.0. The van der Waals surface area contributed by atoms with Crippen molar-refractivity contribution in [3.05, 3.63) is 0 Å². The van der Waals surface area contributed by atoms with Crippen molar-refractivity contribution in [3.8, 4) is 0 Å². The molecule has 0 spiro atoms. The smallest absolute Gasteiger partial charge is 0.323 e. The number of carboxylic acids is 1. The summed E-state index contributed by atoms with van der Waals surface area (Å²) in [6.07, 6.45) is 1.59. The molecule has 1 rings (SSSR count). The van der Waals surface area contributed by atoms with Gasteiger partial charge in [-0.2, -0.15) is 0 Å². The number of hydrogen-bond donors (Lipinski definition) is 2. The number of hydrogen-bond acceptors (Lipinski definition) is 3. The summed E-state index contributed by atoms with van der Waals surface area (Å²) in [6, 6.07) is 0.339. The number of carboxylic acid groups (broad SMARTS) is 1. The van der Waals surface area contributed by atoms with Crippen LogP contribution in [0.25, 0.3) is 0 Å². The predicted octanol–water partition coefficient (Wildman–Crippen LogP) is -0.0825. The Bertz CT molecular complexity index is 255. The number of rotatable bonds is 3. The first-order chi connectivity index (χ1) is 7.00. The molecule has 0 aliphatic carbocycles. The molecule has 0 radical (unpaired) electrons. The fraction of sp³-hybridized carbons (Fsp3) is 0.800. The van der Waals surface area contributed by atoms with Crippen LogP contribution in [0, 0.1) is 5.92 Å². The van der Waals surface area contributed by atoms with Gasteiger partial charge in [0.05, 0.1) is 0 Å². The van der Waals surface area contributed by atoms with Crippen molar-refractivity contribution in [1.82, 2.24) is 10.2 Å². The van der Waals surface area contributed by atoms with Gasteiger partial charge < -0.3 is 15.3 Å². The fourth-order valence-corrected chi connectivity index (χ4v) is 1.95. The summed E-state index contributed by atoms with van der Waals surface area (Å²) in [5.41, 5.74) is 0. The number of amides is 1. The molecule has 5 nitrogen and oxygen atoms in total. The molecule has 2 N–H and O–H groups in total. The molecule has 15 heavy (non-hydrogen) atoms. The summed E-state index contributed by atoms with van der Waals surface area (Å²) in [5.74, 6) is -1.04. The third kappa shape index (κ3) is 3.51. The molecule has 0 bridgehead atoms. The van der Waals surface area contributed by atoms with E-state index in [4.69, 9.17) is 5.11 Å². The molecular formula is C10H18N2O3. The van der Waals surface area contributed by atoms with E-state index in [9.17, 15) is 9.59 Å². The Morgan fingerprint density at radius 2 is 2.20 bits per heavy atom. The van der Waals surface area contributed by atoms with Gasteiger partial charge in [-0.3, -0.25) is 9.59 Å². The SMILES string of the molecule is CC1CC(C(=O)N(C)CC(=O)O)CCN1. The lowest BCUT2D eigenvalue weighted by molar-refractivity contribution is -0.145. The molecule has 2 unspecified atom stereocenters. The Morgan fingerprint density at radius 1 is 1.53 bits per heavy atom. The largest absolute Gasteiger partial charge is 0.480 e. The average Bonchev–Trinajstić information content (AvgIpc) is 2.15. The summed E-state index contributed by atoms with van der Waals surface area (Å²) in [4.78, 5) is 23.6. The van der Waals surface area contributed by atoms with Gasteiger partial charge in [0.1, 0.15) is 6.54 Å². The minimum absolute atomic E-state index is 0.0226. The van der Waals surface area contributed by atoms with Gasteiger partial charge in [0.15, 0.2) is 0 Å². The molecule has 0 aromatic carbocycles. The topological polar surface area (TPSA) is 69.6 Å². The molecule has 0 aromatic heterocycles. The van der Waals surface area contributed by atoms with Crippen LogP contribution in [0.2, 0.25) is 0 Å². The quantitative estimate of drug-likeness (QED) is 0.689. The molecule has 2 atom stereocenters. The van der Waals surface area contributed by atoms with Gasteiger partial charge >= 0.3 is 5.97 Å². The maximum atomic E-state index is 11.8. The zero-order chi connectivity index (χ0) is 11.4. The van der Waals surface area contributed by atoms with Gasteiger partial charge in [0, 0.05) is 19.0 Å². The van der Waals surface area contributed by atoms with Gasteiger partial charge in [0.25, 0.3) is 0 Å². The van der Waals surface area contributed by atoms with Crippen molar-refractivity contribution in [1.29, 1.82) is 0 Å². The van der Waals surface area contributed by atoms with Crippen molar-refractivity contribution in [2.75, 3.05) is 20.1 Å². The monoisotopic (exact) mass is 214 g/mol. The van der Waals surface area contributed by atoms with E-state index in [2.05, 4.69) is 5.32 Å². The Hall–Kier alpha value is -1.10. The molecule has 1 heterocycles. The molecule has 5 heteroatoms. The molecule has 1 saturated heterocycles. The van der Waals surface area contributed by atoms with Crippen LogP contribution in [-0.2, 0) is 9.59 Å². The third-order valence-electron chi connectivity index (χ3n) is 2.72. The van der Waals surface area contributed by atoms with Crippen LogP contribution in [0.5, 0.6) is 0 Å². The van der Waals surface area contributed by atoms with E-state index in [1.54, 1.807) is 7.05 Å². The normalized spacial score (nSPS) is 26.0. The highest BCUT2D eigenvalue weighted by molar-refractivity contribution is 5.82. The Morgan fingerprint density at radius 3 is 2.73 bits per heavy atom. The third-order valence-corrected chi connectivity index (χ3v) is 2.72. The number of aliphatic carboxylic acids is 1. The number of nitrogens with one attached hydrogen (secondary N) is 1. The van der Waals surface area contributed by atoms with E-state index >= 15 is 0 Å². The van der Waals surface area contributed by atoms with Crippen LogP contribution >= 0.6 is 0 Å². The number of piperidine rings is 1. The maximum Gasteiger partial charge on any atom is 0.323 e. The van der Waals surface area contributed by atoms with Crippen molar-refractivity contribution in [3.63, 3.8) is 0 Å². The molecule has 1 fully saturated rings. The molecule has 0 aromatic rings. The molecule has 1 aliphatic heterocycles. The van der Waals surface area contributed by atoms with Gasteiger partial charge in [-0.05, 0) is 26.3 Å². The lowest BCUT2D eigenvalue weighted by atomic mass is 9.92. The molecule has 86 valence electrons. The minimum Gasteiger partial charge on any atom is -0.480 e. The summed E-state index contributed by atoms with van der Waals surface area (Å²) >= 11 is 0. The summed E-state index contributed by atoms with van der Waals surface area (Å²) in [5, 5.41) is 11.8. The summed E-state index contributed by atoms with van der Waals surface area (Å²) in [7, 11) is 1.54.